The highest BCUT2D eigenvalue weighted by Gasteiger charge is 2.29. The van der Waals surface area contributed by atoms with Crippen molar-refractivity contribution in [2.45, 2.75) is 43.0 Å². The largest absolute Gasteiger partial charge is 0.290 e. The lowest BCUT2D eigenvalue weighted by molar-refractivity contribution is 0.102. The van der Waals surface area contributed by atoms with Gasteiger partial charge in [-0.3, -0.25) is 14.5 Å². The Labute approximate surface area is 169 Å². The zero-order valence-corrected chi connectivity index (χ0v) is 17.0. The summed E-state index contributed by atoms with van der Waals surface area (Å²) in [6.45, 7) is 0. The fraction of sp³-hybridized carbons (Fsp3) is 0.350. The summed E-state index contributed by atoms with van der Waals surface area (Å²) in [5, 5.41) is 10.7. The van der Waals surface area contributed by atoms with E-state index >= 15 is 0 Å². The molecular weight excluding hydrogens is 390 g/mol. The van der Waals surface area contributed by atoms with Gasteiger partial charge in [0.2, 0.25) is 16.0 Å². The highest BCUT2D eigenvalue weighted by molar-refractivity contribution is 7.89. The van der Waals surface area contributed by atoms with E-state index in [4.69, 9.17) is 0 Å². The number of benzene rings is 1. The topological polar surface area (TPSA) is 96.7 Å². The van der Waals surface area contributed by atoms with Gasteiger partial charge in [0.1, 0.15) is 0 Å². The molecule has 1 aromatic carbocycles. The van der Waals surface area contributed by atoms with E-state index < -0.39 is 10.0 Å². The normalized spacial score (nSPS) is 15.7. The molecule has 1 saturated carbocycles. The van der Waals surface area contributed by atoms with Crippen LogP contribution in [0.2, 0.25) is 0 Å². The van der Waals surface area contributed by atoms with Crippen molar-refractivity contribution in [1.29, 1.82) is 0 Å². The smallest absolute Gasteiger partial charge is 0.258 e. The van der Waals surface area contributed by atoms with Crippen molar-refractivity contribution >= 4 is 27.5 Å². The van der Waals surface area contributed by atoms with Crippen molar-refractivity contribution in [3.8, 4) is 0 Å². The van der Waals surface area contributed by atoms with Gasteiger partial charge in [0.15, 0.2) is 5.65 Å². The van der Waals surface area contributed by atoms with Gasteiger partial charge < -0.3 is 0 Å². The maximum atomic E-state index is 12.9. The Kier molecular flexibility index (Phi) is 5.33. The number of carbonyl (C=O) groups is 1. The molecule has 1 fully saturated rings. The molecule has 4 rings (SSSR count). The van der Waals surface area contributed by atoms with Crippen LogP contribution in [0.1, 0.15) is 42.5 Å². The minimum atomic E-state index is -3.58. The molecule has 1 aliphatic rings. The van der Waals surface area contributed by atoms with Crippen LogP contribution >= 0.6 is 0 Å². The van der Waals surface area contributed by atoms with Crippen LogP contribution in [0.3, 0.4) is 0 Å². The van der Waals surface area contributed by atoms with Gasteiger partial charge in [0.05, 0.1) is 4.90 Å². The van der Waals surface area contributed by atoms with Crippen LogP contribution in [-0.2, 0) is 10.0 Å². The van der Waals surface area contributed by atoms with Crippen LogP contribution in [-0.4, -0.2) is 46.3 Å². The molecule has 1 amide bonds. The van der Waals surface area contributed by atoms with Gasteiger partial charge in [-0.2, -0.15) is 4.31 Å². The number of amides is 1. The van der Waals surface area contributed by atoms with E-state index in [2.05, 4.69) is 15.5 Å². The molecule has 3 aromatic rings. The van der Waals surface area contributed by atoms with Gasteiger partial charge in [-0.25, -0.2) is 8.42 Å². The summed E-state index contributed by atoms with van der Waals surface area (Å²) in [5.41, 5.74) is 0.965. The minimum Gasteiger partial charge on any atom is -0.290 e. The second-order valence-electron chi connectivity index (χ2n) is 7.24. The Morgan fingerprint density at radius 1 is 1.07 bits per heavy atom. The van der Waals surface area contributed by atoms with Gasteiger partial charge in [0.25, 0.3) is 5.91 Å². The number of nitrogens with one attached hydrogen (secondary N) is 1. The highest BCUT2D eigenvalue weighted by Crippen LogP contribution is 2.26. The quantitative estimate of drug-likeness (QED) is 0.694. The maximum Gasteiger partial charge on any atom is 0.258 e. The molecule has 1 N–H and O–H groups in total. The molecule has 152 valence electrons. The number of hydrogen-bond acceptors (Lipinski definition) is 5. The van der Waals surface area contributed by atoms with E-state index in [9.17, 15) is 13.2 Å². The van der Waals surface area contributed by atoms with E-state index in [1.807, 2.05) is 12.1 Å². The van der Waals surface area contributed by atoms with Crippen LogP contribution < -0.4 is 5.32 Å². The van der Waals surface area contributed by atoms with Gasteiger partial charge in [0, 0.05) is 24.8 Å². The first-order valence-electron chi connectivity index (χ1n) is 9.66. The summed E-state index contributed by atoms with van der Waals surface area (Å²) in [6.07, 6.45) is 6.81. The van der Waals surface area contributed by atoms with Gasteiger partial charge >= 0.3 is 0 Å². The molecule has 0 radical (unpaired) electrons. The zero-order chi connectivity index (χ0) is 20.4. The lowest BCUT2D eigenvalue weighted by Gasteiger charge is -2.30. The first-order chi connectivity index (χ1) is 14.0. The first-order valence-corrected chi connectivity index (χ1v) is 11.1. The first kappa shape index (κ1) is 19.5. The molecule has 0 bridgehead atoms. The number of anilines is 1. The maximum absolute atomic E-state index is 12.9. The van der Waals surface area contributed by atoms with Gasteiger partial charge in [-0.1, -0.05) is 25.3 Å². The Morgan fingerprint density at radius 2 is 1.79 bits per heavy atom. The molecule has 0 spiro atoms. The van der Waals surface area contributed by atoms with Crippen LogP contribution in [0.25, 0.3) is 5.65 Å². The number of carbonyl (C=O) groups excluding carboxylic acids is 1. The molecule has 2 aromatic heterocycles. The third kappa shape index (κ3) is 3.88. The molecule has 1 aliphatic carbocycles. The second kappa shape index (κ2) is 7.92. The summed E-state index contributed by atoms with van der Waals surface area (Å²) in [4.78, 5) is 12.7. The summed E-state index contributed by atoms with van der Waals surface area (Å²) >= 11 is 0. The molecule has 0 aliphatic heterocycles. The number of sulfonamides is 1. The molecule has 0 atom stereocenters. The number of hydrogen-bond donors (Lipinski definition) is 1. The molecule has 0 unspecified atom stereocenters. The van der Waals surface area contributed by atoms with E-state index in [1.165, 1.54) is 28.6 Å². The average Bonchev–Trinajstić information content (AvgIpc) is 3.16. The molecule has 2 heterocycles. The molecule has 8 nitrogen and oxygen atoms in total. The number of nitrogens with zero attached hydrogens (tertiary/aromatic N) is 4. The lowest BCUT2D eigenvalue weighted by Crippen LogP contribution is -2.38. The summed E-state index contributed by atoms with van der Waals surface area (Å²) in [5.74, 6) is -0.0768. The third-order valence-corrected chi connectivity index (χ3v) is 7.35. The van der Waals surface area contributed by atoms with Gasteiger partial charge in [-0.15, -0.1) is 10.2 Å². The molecule has 9 heteroatoms. The molecule has 29 heavy (non-hydrogen) atoms. The van der Waals surface area contributed by atoms with Crippen molar-refractivity contribution in [1.82, 2.24) is 18.9 Å². The summed E-state index contributed by atoms with van der Waals surface area (Å²) < 4.78 is 29.0. The highest BCUT2D eigenvalue weighted by atomic mass is 32.2. The lowest BCUT2D eigenvalue weighted by atomic mass is 9.96. The van der Waals surface area contributed by atoms with E-state index in [0.717, 1.165) is 32.1 Å². The summed E-state index contributed by atoms with van der Waals surface area (Å²) in [7, 11) is -1.94. The van der Waals surface area contributed by atoms with Crippen LogP contribution in [0, 0.1) is 0 Å². The van der Waals surface area contributed by atoms with Crippen molar-refractivity contribution in [2.24, 2.45) is 0 Å². The standard InChI is InChI=1S/C20H23N5O3S/c1-24(16-7-3-2-4-8-16)29(27,28)17-12-10-15(11-13-17)19(26)21-20-23-22-18-9-5-6-14-25(18)20/h5-6,9-14,16H,2-4,7-8H2,1H3,(H,21,23,26). The molecular formula is C20H23N5O3S. The Bertz CT molecular complexity index is 1120. The number of aromatic nitrogens is 3. The van der Waals surface area contributed by atoms with Crippen molar-refractivity contribution in [2.75, 3.05) is 12.4 Å². The number of rotatable bonds is 5. The second-order valence-corrected chi connectivity index (χ2v) is 9.24. The SMILES string of the molecule is CN(C1CCCCC1)S(=O)(=O)c1ccc(C(=O)Nc2nnc3ccccn23)cc1. The monoisotopic (exact) mass is 413 g/mol. The van der Waals surface area contributed by atoms with E-state index in [1.54, 1.807) is 23.7 Å². The average molecular weight is 414 g/mol. The fourth-order valence-corrected chi connectivity index (χ4v) is 5.10. The Balaban J connectivity index is 1.50. The molecule has 0 saturated heterocycles. The van der Waals surface area contributed by atoms with E-state index in [-0.39, 0.29) is 16.8 Å². The predicted octanol–water partition coefficient (Wildman–Crippen LogP) is 2.93. The number of fused-ring (bicyclic) bond motifs is 1. The van der Waals surface area contributed by atoms with Crippen LogP contribution in [0.5, 0.6) is 0 Å². The van der Waals surface area contributed by atoms with Crippen LogP contribution in [0.15, 0.2) is 53.6 Å². The van der Waals surface area contributed by atoms with Crippen molar-refractivity contribution < 1.29 is 13.2 Å². The Morgan fingerprint density at radius 3 is 2.52 bits per heavy atom. The fourth-order valence-electron chi connectivity index (χ4n) is 3.69. The minimum absolute atomic E-state index is 0.0398. The Hall–Kier alpha value is -2.78. The van der Waals surface area contributed by atoms with Crippen molar-refractivity contribution in [3.63, 3.8) is 0 Å². The zero-order valence-electron chi connectivity index (χ0n) is 16.2. The van der Waals surface area contributed by atoms with Gasteiger partial charge in [-0.05, 0) is 49.2 Å². The predicted molar refractivity (Wildman–Crippen MR) is 109 cm³/mol. The van der Waals surface area contributed by atoms with E-state index in [0.29, 0.717) is 17.2 Å². The van der Waals surface area contributed by atoms with Crippen molar-refractivity contribution in [3.05, 3.63) is 54.2 Å². The van der Waals surface area contributed by atoms with Crippen LogP contribution in [0.4, 0.5) is 5.95 Å². The number of pyridine rings is 1. The third-order valence-electron chi connectivity index (χ3n) is 5.42. The summed E-state index contributed by atoms with van der Waals surface area (Å²) in [6, 6.07) is 11.5.